The average molecular weight is 1510 g/mol. The van der Waals surface area contributed by atoms with Gasteiger partial charge in [-0.1, -0.05) is 0 Å². The van der Waals surface area contributed by atoms with Gasteiger partial charge in [0, 0.05) is 90.3 Å². The third-order valence-electron chi connectivity index (χ3n) is 20.9. The number of hydrogen-bond acceptors (Lipinski definition) is 25. The molecule has 0 bridgehead atoms. The van der Waals surface area contributed by atoms with Crippen molar-refractivity contribution in [2.75, 3.05) is 151 Å². The molecule has 13 heterocycles. The van der Waals surface area contributed by atoms with E-state index in [2.05, 4.69) is 80.0 Å². The van der Waals surface area contributed by atoms with Crippen LogP contribution in [0.5, 0.6) is 17.9 Å². The molecule has 7 aromatic heterocycles. The molecule has 6 aliphatic heterocycles. The Balaban J connectivity index is 0.000000131. The Bertz CT molecular complexity index is 3980. The first kappa shape index (κ1) is 72.5. The highest BCUT2D eigenvalue weighted by Gasteiger charge is 2.34. The zero-order chi connectivity index (χ0) is 69.4. The summed E-state index contributed by atoms with van der Waals surface area (Å²) < 4.78 is 67.2. The van der Waals surface area contributed by atoms with Crippen molar-refractivity contribution >= 4 is 106 Å². The lowest BCUT2D eigenvalue weighted by Gasteiger charge is -2.34. The number of methoxy groups -OCH3 is 1. The quantitative estimate of drug-likeness (QED) is 0.0768. The van der Waals surface area contributed by atoms with Crippen molar-refractivity contribution in [1.29, 1.82) is 0 Å². The summed E-state index contributed by atoms with van der Waals surface area (Å²) in [5, 5.41) is 9.82. The maximum absolute atomic E-state index is 12.0. The lowest BCUT2D eigenvalue weighted by atomic mass is 9.92. The van der Waals surface area contributed by atoms with Crippen LogP contribution in [0.1, 0.15) is 116 Å². The molecule has 7 aromatic rings. The number of nitrogens with zero attached hydrogens (tertiary/aromatic N) is 19. The Hall–Kier alpha value is -5.87. The van der Waals surface area contributed by atoms with Gasteiger partial charge in [-0.15, -0.1) is 0 Å². The van der Waals surface area contributed by atoms with Crippen molar-refractivity contribution < 1.29 is 41.9 Å². The molecule has 0 spiro atoms. The van der Waals surface area contributed by atoms with E-state index in [-0.39, 0.29) is 40.4 Å². The molecule has 0 aromatic carbocycles. The van der Waals surface area contributed by atoms with Crippen LogP contribution in [0.3, 0.4) is 0 Å². The number of anilines is 4. The maximum Gasteiger partial charge on any atom is 0.298 e. The lowest BCUT2D eigenvalue weighted by molar-refractivity contribution is 0.0836. The summed E-state index contributed by atoms with van der Waals surface area (Å²) in [6.07, 6.45) is 24.5. The molecule has 16 rings (SSSR count). The van der Waals surface area contributed by atoms with Crippen LogP contribution in [-0.4, -0.2) is 260 Å². The minimum absolute atomic E-state index is 0.00357. The average Bonchev–Trinajstić information content (AvgIpc) is 1.55. The monoisotopic (exact) mass is 1510 g/mol. The molecule has 6 saturated heterocycles. The van der Waals surface area contributed by atoms with Crippen molar-refractivity contribution in [3.05, 3.63) is 27.6 Å². The number of sulfonamides is 1. The van der Waals surface area contributed by atoms with Gasteiger partial charge in [-0.05, 0) is 200 Å². The normalized spacial score (nSPS) is 24.4. The van der Waals surface area contributed by atoms with Gasteiger partial charge in [0.15, 0.2) is 61.5 Å². The number of aliphatic hydroxyl groups excluding tert-OH is 1. The van der Waals surface area contributed by atoms with Gasteiger partial charge < -0.3 is 67.5 Å². The molecule has 0 radical (unpaired) electrons. The molecule has 29 nitrogen and oxygen atoms in total. The van der Waals surface area contributed by atoms with Gasteiger partial charge in [-0.25, -0.2) is 28.4 Å². The van der Waals surface area contributed by atoms with Crippen molar-refractivity contribution in [2.45, 2.75) is 152 Å². The number of fused-ring (bicyclic) bond motifs is 3. The zero-order valence-corrected chi connectivity index (χ0v) is 62.2. The van der Waals surface area contributed by atoms with Gasteiger partial charge in [0.2, 0.25) is 26.5 Å². The number of pyridine rings is 1. The number of aromatic nitrogens is 13. The topological polar surface area (TPSA) is 285 Å². The van der Waals surface area contributed by atoms with Gasteiger partial charge >= 0.3 is 0 Å². The van der Waals surface area contributed by atoms with Crippen LogP contribution in [0.15, 0.2) is 17.0 Å². The molecule has 9 fully saturated rings. The molecular weight excluding hydrogens is 1410 g/mol. The van der Waals surface area contributed by atoms with E-state index in [0.717, 1.165) is 124 Å². The number of ether oxygens (including phenoxy) is 6. The number of rotatable bonds is 14. The minimum Gasteiger partial charge on any atom is -0.480 e. The SMILES string of the molecule is COc1ncc(-c2nc(N3CCOCC3)c3nc(OC4CCC(N5CCCC5)CC4)n(C)c3n2)cc1NS(C)(=O)=O.Cn1c(Br)nc2c(N3CCOCC3)nc(Cl)nc21.Cn1c(OC2CCC(N3CCCC3)CC2)nc2c(N3CCOCC3)nc(Cl)nc21.OC1CCC(N2CCCC2)CC1. The van der Waals surface area contributed by atoms with Crippen molar-refractivity contribution in [3.8, 4) is 29.3 Å². The first-order valence-corrected chi connectivity index (χ1v) is 39.4. The van der Waals surface area contributed by atoms with Crippen LogP contribution in [-0.2, 0) is 45.4 Å². The van der Waals surface area contributed by atoms with Crippen LogP contribution in [0, 0.1) is 0 Å². The number of imidazole rings is 3. The highest BCUT2D eigenvalue weighted by atomic mass is 79.9. The second-order valence-corrected chi connectivity index (χ2v) is 30.7. The number of morpholine rings is 3. The first-order chi connectivity index (χ1) is 48.5. The third-order valence-corrected chi connectivity index (χ3v) is 22.5. The summed E-state index contributed by atoms with van der Waals surface area (Å²) in [6.45, 7) is 16.0. The standard InChI is InChI=1S/C27H38N8O5S.C20H29ClN6O2.C10H11BrClN5O.C10H19NO/c1-33-24-22(29-27(33)40-20-8-6-19(7-9-20)34-10-4-5-11-34)25(35-12-14-39-15-13-35)31-23(30-24)18-16-21(32-41(3,36)37)26(38-2)28-17-18;1-25-17-16(18(24-19(21)23-17)27-10-12-28-13-11-27)22-20(25)29-15-6-4-14(5-7-15)26-8-2-3-9-26;1-16-7-6(13-9(16)11)8(15-10(12)14-7)17-2-4-18-5-3-17;12-10-5-3-9(4-6-10)11-7-1-2-8-11/h16-17,19-20,32H,4-15H2,1-3H3;14-15H,2-13H2,1H3;2-5H2,1H3;9-10,12H,1-8H2. The largest absolute Gasteiger partial charge is 0.480 e. The van der Waals surface area contributed by atoms with Crippen LogP contribution >= 0.6 is 39.1 Å². The predicted octanol–water partition coefficient (Wildman–Crippen LogP) is 8.07. The van der Waals surface area contributed by atoms with Gasteiger partial charge in [-0.3, -0.25) is 13.9 Å². The Kier molecular flexibility index (Phi) is 24.1. The second kappa shape index (κ2) is 33.3. The van der Waals surface area contributed by atoms with Crippen molar-refractivity contribution in [3.63, 3.8) is 0 Å². The zero-order valence-electron chi connectivity index (χ0n) is 58.3. The van der Waals surface area contributed by atoms with Crippen LogP contribution in [0.4, 0.5) is 23.1 Å². The van der Waals surface area contributed by atoms with E-state index < -0.39 is 10.0 Å². The summed E-state index contributed by atoms with van der Waals surface area (Å²) in [4.78, 5) is 60.0. The Morgan fingerprint density at radius 1 is 0.510 bits per heavy atom. The smallest absolute Gasteiger partial charge is 0.298 e. The fourth-order valence-corrected chi connectivity index (χ4v) is 16.7. The molecular formula is C67H97BrCl2N20O9S. The fourth-order valence-electron chi connectivity index (χ4n) is 15.5. The van der Waals surface area contributed by atoms with Gasteiger partial charge in [0.05, 0.1) is 59.1 Å². The lowest BCUT2D eigenvalue weighted by Crippen LogP contribution is -2.38. The van der Waals surface area contributed by atoms with E-state index >= 15 is 0 Å². The Morgan fingerprint density at radius 2 is 0.890 bits per heavy atom. The van der Waals surface area contributed by atoms with E-state index in [9.17, 15) is 13.5 Å². The summed E-state index contributed by atoms with van der Waals surface area (Å²) in [5.74, 6) is 2.78. The highest BCUT2D eigenvalue weighted by molar-refractivity contribution is 9.10. The molecule has 0 amide bonds. The van der Waals surface area contributed by atoms with Gasteiger partial charge in [-0.2, -0.15) is 29.9 Å². The van der Waals surface area contributed by atoms with Crippen LogP contribution in [0.25, 0.3) is 44.9 Å². The van der Waals surface area contributed by atoms with Crippen molar-refractivity contribution in [1.82, 2.24) is 78.2 Å². The van der Waals surface area contributed by atoms with E-state index in [1.165, 1.54) is 111 Å². The minimum atomic E-state index is -3.56. The number of halogens is 3. The molecule has 3 aliphatic carbocycles. The maximum atomic E-state index is 12.0. The molecule has 9 aliphatic rings. The third kappa shape index (κ3) is 17.5. The second-order valence-electron chi connectivity index (χ2n) is 27.6. The number of likely N-dealkylation sites (tertiary alicyclic amines) is 3. The molecule has 2 N–H and O–H groups in total. The van der Waals surface area contributed by atoms with Crippen LogP contribution in [0.2, 0.25) is 10.6 Å². The molecule has 546 valence electrons. The summed E-state index contributed by atoms with van der Waals surface area (Å²) >= 11 is 15.6. The summed E-state index contributed by atoms with van der Waals surface area (Å²) in [7, 11) is 3.60. The molecule has 3 saturated carbocycles. The van der Waals surface area contributed by atoms with Gasteiger partial charge in [0.25, 0.3) is 12.0 Å². The summed E-state index contributed by atoms with van der Waals surface area (Å²) in [5.41, 5.74) is 4.99. The number of hydrogen-bond donors (Lipinski definition) is 2. The number of nitrogens with one attached hydrogen (secondary N) is 1. The molecule has 0 atom stereocenters. The molecule has 100 heavy (non-hydrogen) atoms. The Morgan fingerprint density at radius 3 is 1.30 bits per heavy atom. The number of aryl methyl sites for hydroxylation is 3. The first-order valence-electron chi connectivity index (χ1n) is 35.9. The summed E-state index contributed by atoms with van der Waals surface area (Å²) in [6, 6.07) is 4.96. The number of aliphatic hydroxyl groups is 1. The fraction of sp³-hybridized carbons (Fsp3) is 0.701. The Labute approximate surface area is 603 Å². The predicted molar refractivity (Wildman–Crippen MR) is 388 cm³/mol. The molecule has 0 unspecified atom stereocenters. The molecule has 33 heteroatoms. The van der Waals surface area contributed by atoms with E-state index in [0.29, 0.717) is 110 Å². The van der Waals surface area contributed by atoms with E-state index in [1.54, 1.807) is 12.3 Å². The van der Waals surface area contributed by atoms with Crippen LogP contribution < -0.4 is 33.6 Å². The van der Waals surface area contributed by atoms with Crippen molar-refractivity contribution in [2.24, 2.45) is 21.1 Å². The highest BCUT2D eigenvalue weighted by Crippen LogP contribution is 2.37. The van der Waals surface area contributed by atoms with Gasteiger partial charge in [0.1, 0.15) is 17.9 Å². The van der Waals surface area contributed by atoms with E-state index in [4.69, 9.17) is 71.6 Å². The van der Waals surface area contributed by atoms with E-state index in [1.807, 2.05) is 34.8 Å².